The molecular formula is Br5ClMo-6. The number of rotatable bonds is 0. The molecule has 7 heteroatoms. The summed E-state index contributed by atoms with van der Waals surface area (Å²) >= 11 is 0. The molecule has 0 nitrogen and oxygen atoms in total. The topological polar surface area (TPSA) is 0 Å². The third-order valence-corrected chi connectivity index (χ3v) is 0. The first-order valence-corrected chi connectivity index (χ1v) is 0. The van der Waals surface area contributed by atoms with Crippen LogP contribution in [0.1, 0.15) is 0 Å². The molecule has 0 fully saturated rings. The molecule has 0 rings (SSSR count). The Morgan fingerprint density at radius 2 is 0.429 bits per heavy atom. The van der Waals surface area contributed by atoms with Crippen LogP contribution in [0.2, 0.25) is 0 Å². The van der Waals surface area contributed by atoms with Crippen molar-refractivity contribution in [1.82, 2.24) is 0 Å². The summed E-state index contributed by atoms with van der Waals surface area (Å²) in [5.74, 6) is 0. The average Bonchev–Trinajstić information content (AvgIpc) is 0. The van der Waals surface area contributed by atoms with E-state index in [-0.39, 0.29) is 118 Å². The summed E-state index contributed by atoms with van der Waals surface area (Å²) in [5.41, 5.74) is 0. The standard InChI is InChI=1S/5BrH.ClH.Mo/h6*1H;/p-6. The molecule has 0 spiro atoms. The third kappa shape index (κ3) is 44.7. The van der Waals surface area contributed by atoms with Crippen LogP contribution in [0.15, 0.2) is 0 Å². The van der Waals surface area contributed by atoms with Gasteiger partial charge in [0.25, 0.3) is 0 Å². The maximum absolute atomic E-state index is 0. The molecule has 7 heavy (non-hydrogen) atoms. The Bertz CT molecular complexity index is 8.04. The van der Waals surface area contributed by atoms with E-state index in [1.165, 1.54) is 0 Å². The fourth-order valence-electron chi connectivity index (χ4n) is 0. The molecule has 0 bridgehead atoms. The summed E-state index contributed by atoms with van der Waals surface area (Å²) < 4.78 is 0. The van der Waals surface area contributed by atoms with Gasteiger partial charge in [0, 0.05) is 21.1 Å². The van der Waals surface area contributed by atoms with Gasteiger partial charge in [-0.15, -0.1) is 0 Å². The smallest absolute Gasteiger partial charge is 0 e. The van der Waals surface area contributed by atoms with E-state index in [1.54, 1.807) is 0 Å². The third-order valence-electron chi connectivity index (χ3n) is 0. The molecule has 0 aromatic heterocycles. The first-order chi connectivity index (χ1) is 0. The van der Waals surface area contributed by atoms with Gasteiger partial charge in [0.15, 0.2) is 0 Å². The van der Waals surface area contributed by atoms with Crippen molar-refractivity contribution in [2.45, 2.75) is 0 Å². The van der Waals surface area contributed by atoms with Crippen LogP contribution in [0.4, 0.5) is 0 Å². The summed E-state index contributed by atoms with van der Waals surface area (Å²) in [6.45, 7) is 0. The molecule has 0 heterocycles. The molecule has 0 atom stereocenters. The summed E-state index contributed by atoms with van der Waals surface area (Å²) in [6.07, 6.45) is 0. The van der Waals surface area contributed by atoms with Crippen LogP contribution >= 0.6 is 0 Å². The minimum absolute atomic E-state index is 0. The molecule has 0 aromatic carbocycles. The Hall–Kier alpha value is 3.38. The van der Waals surface area contributed by atoms with Crippen molar-refractivity contribution in [1.29, 1.82) is 0 Å². The zero-order chi connectivity index (χ0) is 0. The normalized spacial score (nSPS) is 0. The SMILES string of the molecule is [Br-].[Br-].[Br-].[Br-].[Br-].[Cl-].[Mo]. The maximum Gasteiger partial charge on any atom is 0 e. The fraction of sp³-hybridized carbons (Fsp3) is 0. The fourth-order valence-corrected chi connectivity index (χ4v) is 0. The van der Waals surface area contributed by atoms with Crippen molar-refractivity contribution in [3.63, 3.8) is 0 Å². The monoisotopic (exact) mass is 527 g/mol. The average molecular weight is 531 g/mol. The quantitative estimate of drug-likeness (QED) is 0.273. The van der Waals surface area contributed by atoms with E-state index in [9.17, 15) is 0 Å². The molecule has 0 aliphatic carbocycles. The second-order valence-corrected chi connectivity index (χ2v) is 0. The van der Waals surface area contributed by atoms with E-state index >= 15 is 0 Å². The predicted octanol–water partition coefficient (Wildman–Crippen LogP) is -18.0. The van der Waals surface area contributed by atoms with Gasteiger partial charge in [0.2, 0.25) is 0 Å². The van der Waals surface area contributed by atoms with Gasteiger partial charge in [-0.1, -0.05) is 0 Å². The Morgan fingerprint density at radius 1 is 0.429 bits per heavy atom. The summed E-state index contributed by atoms with van der Waals surface area (Å²) in [6, 6.07) is 0. The van der Waals surface area contributed by atoms with Crippen LogP contribution in [-0.4, -0.2) is 0 Å². The summed E-state index contributed by atoms with van der Waals surface area (Å²) in [4.78, 5) is 0. The Kier molecular flexibility index (Phi) is 659. The molecule has 0 amide bonds. The van der Waals surface area contributed by atoms with Crippen molar-refractivity contribution in [3.05, 3.63) is 0 Å². The molecule has 0 saturated heterocycles. The van der Waals surface area contributed by atoms with E-state index in [0.29, 0.717) is 0 Å². The predicted molar refractivity (Wildman–Crippen MR) is 0 cm³/mol. The second-order valence-electron chi connectivity index (χ2n) is 0. The van der Waals surface area contributed by atoms with E-state index < -0.39 is 0 Å². The van der Waals surface area contributed by atoms with Crippen molar-refractivity contribution in [2.24, 2.45) is 0 Å². The van der Waals surface area contributed by atoms with E-state index in [1.807, 2.05) is 0 Å². The van der Waals surface area contributed by atoms with Gasteiger partial charge in [-0.2, -0.15) is 0 Å². The van der Waals surface area contributed by atoms with Crippen molar-refractivity contribution < 1.29 is 118 Å². The van der Waals surface area contributed by atoms with Gasteiger partial charge in [-0.25, -0.2) is 0 Å². The van der Waals surface area contributed by atoms with Crippen LogP contribution in [0.25, 0.3) is 0 Å². The van der Waals surface area contributed by atoms with Gasteiger partial charge in [-0.05, 0) is 0 Å². The van der Waals surface area contributed by atoms with Crippen molar-refractivity contribution >= 4 is 0 Å². The largest absolute Gasteiger partial charge is 1.00 e. The first-order valence-electron chi connectivity index (χ1n) is 0. The Balaban J connectivity index is 0. The van der Waals surface area contributed by atoms with Crippen molar-refractivity contribution in [2.75, 3.05) is 0 Å². The van der Waals surface area contributed by atoms with E-state index in [4.69, 9.17) is 0 Å². The molecule has 0 N–H and O–H groups in total. The molecular weight excluding hydrogens is 531 g/mol. The minimum Gasteiger partial charge on any atom is -1.00 e. The van der Waals surface area contributed by atoms with Gasteiger partial charge >= 0.3 is 0 Å². The zero-order valence-electron chi connectivity index (χ0n) is 2.68. The Morgan fingerprint density at radius 3 is 0.429 bits per heavy atom. The number of halogens is 6. The maximum atomic E-state index is 0. The van der Waals surface area contributed by atoms with Gasteiger partial charge < -0.3 is 97.3 Å². The molecule has 0 aliphatic heterocycles. The Labute approximate surface area is 116 Å². The first kappa shape index (κ1) is 80.0. The van der Waals surface area contributed by atoms with E-state index in [0.717, 1.165) is 0 Å². The van der Waals surface area contributed by atoms with Gasteiger partial charge in [0.1, 0.15) is 0 Å². The second kappa shape index (κ2) is 57.7. The van der Waals surface area contributed by atoms with Crippen molar-refractivity contribution in [3.8, 4) is 0 Å². The summed E-state index contributed by atoms with van der Waals surface area (Å²) in [7, 11) is 0. The minimum atomic E-state index is 0. The molecule has 54 valence electrons. The molecule has 0 aromatic rings. The number of hydrogen-bond acceptors (Lipinski definition) is 0. The molecule has 0 saturated carbocycles. The van der Waals surface area contributed by atoms with E-state index in [2.05, 4.69) is 0 Å². The molecule has 0 unspecified atom stereocenters. The zero-order valence-corrected chi connectivity index (χ0v) is 13.4. The van der Waals surface area contributed by atoms with Crippen LogP contribution in [0.5, 0.6) is 0 Å². The molecule has 0 aliphatic rings. The van der Waals surface area contributed by atoms with Crippen LogP contribution in [0, 0.1) is 0 Å². The van der Waals surface area contributed by atoms with Crippen LogP contribution in [0.3, 0.4) is 0 Å². The summed E-state index contributed by atoms with van der Waals surface area (Å²) in [5, 5.41) is 0. The van der Waals surface area contributed by atoms with Crippen LogP contribution < -0.4 is 97.3 Å². The number of hydrogen-bond donors (Lipinski definition) is 0. The van der Waals surface area contributed by atoms with Gasteiger partial charge in [-0.3, -0.25) is 0 Å². The molecule has 0 radical (unpaired) electrons. The van der Waals surface area contributed by atoms with Gasteiger partial charge in [0.05, 0.1) is 0 Å². The van der Waals surface area contributed by atoms with Crippen LogP contribution in [-0.2, 0) is 21.1 Å².